The summed E-state index contributed by atoms with van der Waals surface area (Å²) in [6, 6.07) is 7.02. The van der Waals surface area contributed by atoms with Crippen LogP contribution in [-0.2, 0) is 4.74 Å². The van der Waals surface area contributed by atoms with Gasteiger partial charge < -0.3 is 15.2 Å². The van der Waals surface area contributed by atoms with Gasteiger partial charge in [0.15, 0.2) is 5.69 Å². The number of fused-ring (bicyclic) bond motifs is 5. The van der Waals surface area contributed by atoms with Crippen LogP contribution in [0.3, 0.4) is 0 Å². The monoisotopic (exact) mass is 324 g/mol. The number of hydrogen-bond acceptors (Lipinski definition) is 5. The zero-order valence-corrected chi connectivity index (χ0v) is 13.6. The molecule has 1 saturated carbocycles. The molecule has 1 heterocycles. The number of aromatic hydroxyl groups is 1. The van der Waals surface area contributed by atoms with E-state index in [9.17, 15) is 9.90 Å². The SMILES string of the molecule is CCOC(=O)c1ncc(Nc2cccc(O)c2)c2c1C1CCC2C1. The first-order valence-electron chi connectivity index (χ1n) is 8.43. The van der Waals surface area contributed by atoms with E-state index in [1.807, 2.05) is 13.0 Å². The van der Waals surface area contributed by atoms with Gasteiger partial charge in [-0.25, -0.2) is 9.78 Å². The predicted octanol–water partition coefficient (Wildman–Crippen LogP) is 4.07. The quantitative estimate of drug-likeness (QED) is 0.829. The van der Waals surface area contributed by atoms with E-state index in [1.54, 1.807) is 24.4 Å². The van der Waals surface area contributed by atoms with Gasteiger partial charge in [0.25, 0.3) is 0 Å². The lowest BCUT2D eigenvalue weighted by Crippen LogP contribution is -2.15. The highest BCUT2D eigenvalue weighted by Crippen LogP contribution is 2.56. The van der Waals surface area contributed by atoms with E-state index in [2.05, 4.69) is 10.3 Å². The molecule has 0 spiro atoms. The molecule has 0 radical (unpaired) electrons. The average molecular weight is 324 g/mol. The molecule has 1 aromatic heterocycles. The molecule has 2 atom stereocenters. The van der Waals surface area contributed by atoms with Crippen LogP contribution in [0.4, 0.5) is 11.4 Å². The Kier molecular flexibility index (Phi) is 3.63. The number of carbonyl (C=O) groups is 1. The molecule has 0 amide bonds. The minimum absolute atomic E-state index is 0.217. The Balaban J connectivity index is 1.76. The summed E-state index contributed by atoms with van der Waals surface area (Å²) in [4.78, 5) is 16.7. The molecular formula is C19H20N2O3. The molecule has 4 rings (SSSR count). The van der Waals surface area contributed by atoms with Crippen LogP contribution in [0.5, 0.6) is 5.75 Å². The predicted molar refractivity (Wildman–Crippen MR) is 90.9 cm³/mol. The maximum Gasteiger partial charge on any atom is 0.357 e. The zero-order valence-electron chi connectivity index (χ0n) is 13.6. The molecule has 2 bridgehead atoms. The summed E-state index contributed by atoms with van der Waals surface area (Å²) < 4.78 is 5.18. The van der Waals surface area contributed by atoms with E-state index in [0.717, 1.165) is 36.2 Å². The van der Waals surface area contributed by atoms with E-state index in [-0.39, 0.29) is 11.7 Å². The van der Waals surface area contributed by atoms with Gasteiger partial charge in [-0.1, -0.05) is 6.07 Å². The first-order valence-corrected chi connectivity index (χ1v) is 8.43. The minimum atomic E-state index is -0.329. The standard InChI is InChI=1S/C19H20N2O3/c1-2-24-19(23)18-17-12-7-6-11(8-12)16(17)15(10-20-18)21-13-4-3-5-14(22)9-13/h3-5,9-12,21-22H,2,6-8H2,1H3. The number of pyridine rings is 1. The van der Waals surface area contributed by atoms with Gasteiger partial charge in [0.2, 0.25) is 0 Å². The van der Waals surface area contributed by atoms with Gasteiger partial charge in [0, 0.05) is 11.8 Å². The first kappa shape index (κ1) is 15.0. The smallest absolute Gasteiger partial charge is 0.357 e. The summed E-state index contributed by atoms with van der Waals surface area (Å²) in [5.74, 6) is 0.767. The Hall–Kier alpha value is -2.56. The fourth-order valence-corrected chi connectivity index (χ4v) is 4.10. The molecule has 1 aromatic carbocycles. The van der Waals surface area contributed by atoms with Crippen LogP contribution in [0.1, 0.15) is 59.6 Å². The zero-order chi connectivity index (χ0) is 16.7. The summed E-state index contributed by atoms with van der Waals surface area (Å²) in [6.45, 7) is 2.16. The molecule has 2 unspecified atom stereocenters. The van der Waals surface area contributed by atoms with Gasteiger partial charge in [-0.3, -0.25) is 0 Å². The summed E-state index contributed by atoms with van der Waals surface area (Å²) in [6.07, 6.45) is 5.07. The topological polar surface area (TPSA) is 71.5 Å². The molecule has 5 heteroatoms. The second-order valence-electron chi connectivity index (χ2n) is 6.45. The maximum absolute atomic E-state index is 12.3. The lowest BCUT2D eigenvalue weighted by atomic mass is 9.89. The Labute approximate surface area is 140 Å². The molecular weight excluding hydrogens is 304 g/mol. The van der Waals surface area contributed by atoms with Gasteiger partial charge in [-0.05, 0) is 61.3 Å². The third-order valence-electron chi connectivity index (χ3n) is 5.00. The van der Waals surface area contributed by atoms with Crippen LogP contribution in [0, 0.1) is 0 Å². The van der Waals surface area contributed by atoms with Crippen LogP contribution >= 0.6 is 0 Å². The summed E-state index contributed by atoms with van der Waals surface area (Å²) in [5, 5.41) is 13.0. The Morgan fingerprint density at radius 2 is 2.12 bits per heavy atom. The van der Waals surface area contributed by atoms with Crippen molar-refractivity contribution in [1.82, 2.24) is 4.98 Å². The minimum Gasteiger partial charge on any atom is -0.508 e. The molecule has 124 valence electrons. The van der Waals surface area contributed by atoms with Gasteiger partial charge in [0.05, 0.1) is 18.5 Å². The fourth-order valence-electron chi connectivity index (χ4n) is 4.10. The summed E-state index contributed by atoms with van der Waals surface area (Å²) >= 11 is 0. The molecule has 2 aliphatic rings. The highest BCUT2D eigenvalue weighted by Gasteiger charge is 2.42. The van der Waals surface area contributed by atoms with Gasteiger partial charge in [0.1, 0.15) is 5.75 Å². The average Bonchev–Trinajstić information content (AvgIpc) is 3.17. The van der Waals surface area contributed by atoms with Gasteiger partial charge in [-0.2, -0.15) is 0 Å². The largest absolute Gasteiger partial charge is 0.508 e. The number of nitrogens with one attached hydrogen (secondary N) is 1. The van der Waals surface area contributed by atoms with E-state index < -0.39 is 0 Å². The van der Waals surface area contributed by atoms with Crippen molar-refractivity contribution in [1.29, 1.82) is 0 Å². The Morgan fingerprint density at radius 3 is 2.88 bits per heavy atom. The van der Waals surface area contributed by atoms with E-state index in [1.165, 1.54) is 5.56 Å². The lowest BCUT2D eigenvalue weighted by molar-refractivity contribution is 0.0517. The van der Waals surface area contributed by atoms with Crippen molar-refractivity contribution in [3.63, 3.8) is 0 Å². The summed E-state index contributed by atoms with van der Waals surface area (Å²) in [7, 11) is 0. The Bertz CT molecular complexity index is 803. The molecule has 0 saturated heterocycles. The molecule has 24 heavy (non-hydrogen) atoms. The second-order valence-corrected chi connectivity index (χ2v) is 6.45. The van der Waals surface area contributed by atoms with Gasteiger partial charge >= 0.3 is 5.97 Å². The third-order valence-corrected chi connectivity index (χ3v) is 5.00. The maximum atomic E-state index is 12.3. The number of ether oxygens (including phenoxy) is 1. The number of anilines is 2. The van der Waals surface area contributed by atoms with Crippen LogP contribution in [0.2, 0.25) is 0 Å². The van der Waals surface area contributed by atoms with E-state index in [4.69, 9.17) is 4.74 Å². The normalized spacial score (nSPS) is 20.7. The highest BCUT2D eigenvalue weighted by atomic mass is 16.5. The molecule has 2 N–H and O–H groups in total. The molecule has 0 aliphatic heterocycles. The van der Waals surface area contributed by atoms with Gasteiger partial charge in [-0.15, -0.1) is 0 Å². The van der Waals surface area contributed by atoms with Crippen molar-refractivity contribution < 1.29 is 14.6 Å². The number of phenols is 1. The number of aromatic nitrogens is 1. The van der Waals surface area contributed by atoms with Crippen molar-refractivity contribution >= 4 is 17.3 Å². The first-order chi connectivity index (χ1) is 11.7. The van der Waals surface area contributed by atoms with Crippen LogP contribution in [0.25, 0.3) is 0 Å². The number of esters is 1. The third kappa shape index (κ3) is 2.40. The number of nitrogens with zero attached hydrogens (tertiary/aromatic N) is 1. The number of benzene rings is 1. The lowest BCUT2D eigenvalue weighted by Gasteiger charge is -2.21. The van der Waals surface area contributed by atoms with E-state index in [0.29, 0.717) is 24.1 Å². The number of hydrogen-bond donors (Lipinski definition) is 2. The molecule has 1 fully saturated rings. The Morgan fingerprint density at radius 1 is 1.33 bits per heavy atom. The van der Waals surface area contributed by atoms with E-state index >= 15 is 0 Å². The fraction of sp³-hybridized carbons (Fsp3) is 0.368. The van der Waals surface area contributed by atoms with Crippen molar-refractivity contribution in [3.05, 3.63) is 47.3 Å². The van der Waals surface area contributed by atoms with Crippen molar-refractivity contribution in [2.24, 2.45) is 0 Å². The second kappa shape index (κ2) is 5.82. The number of phenolic OH excluding ortho intramolecular Hbond substituents is 1. The molecule has 2 aliphatic carbocycles. The number of carbonyl (C=O) groups excluding carboxylic acids is 1. The van der Waals surface area contributed by atoms with Crippen molar-refractivity contribution in [3.8, 4) is 5.75 Å². The molecule has 2 aromatic rings. The molecule has 5 nitrogen and oxygen atoms in total. The van der Waals surface area contributed by atoms with Crippen LogP contribution in [-0.4, -0.2) is 22.7 Å². The summed E-state index contributed by atoms with van der Waals surface area (Å²) in [5.41, 5.74) is 4.48. The number of rotatable bonds is 4. The van der Waals surface area contributed by atoms with Crippen molar-refractivity contribution in [2.45, 2.75) is 38.0 Å². The highest BCUT2D eigenvalue weighted by molar-refractivity contribution is 5.91. The van der Waals surface area contributed by atoms with Crippen LogP contribution in [0.15, 0.2) is 30.5 Å². The van der Waals surface area contributed by atoms with Crippen LogP contribution < -0.4 is 5.32 Å². The van der Waals surface area contributed by atoms with Crippen molar-refractivity contribution in [2.75, 3.05) is 11.9 Å².